The normalized spacial score (nSPS) is 22.5. The second kappa shape index (κ2) is 7.98. The Labute approximate surface area is 139 Å². The molecule has 3 rings (SSSR count). The summed E-state index contributed by atoms with van der Waals surface area (Å²) in [6.07, 6.45) is 7.86. The van der Waals surface area contributed by atoms with Crippen LogP contribution >= 0.6 is 12.4 Å². The predicted octanol–water partition coefficient (Wildman–Crippen LogP) is 3.08. The summed E-state index contributed by atoms with van der Waals surface area (Å²) in [6, 6.07) is 11.1. The van der Waals surface area contributed by atoms with Crippen molar-refractivity contribution in [1.82, 2.24) is 10.6 Å². The van der Waals surface area contributed by atoms with E-state index in [2.05, 4.69) is 41.0 Å². The molecule has 1 atom stereocenters. The van der Waals surface area contributed by atoms with Crippen molar-refractivity contribution in [3.63, 3.8) is 0 Å². The van der Waals surface area contributed by atoms with Crippen LogP contribution in [-0.4, -0.2) is 25.0 Å². The lowest BCUT2D eigenvalue weighted by molar-refractivity contribution is -0.122. The van der Waals surface area contributed by atoms with E-state index in [-0.39, 0.29) is 18.3 Å². The maximum absolute atomic E-state index is 12.1. The van der Waals surface area contributed by atoms with Gasteiger partial charge in [0.2, 0.25) is 5.91 Å². The Morgan fingerprint density at radius 3 is 2.59 bits per heavy atom. The molecule has 1 amide bonds. The second-order valence-corrected chi connectivity index (χ2v) is 6.79. The van der Waals surface area contributed by atoms with Crippen molar-refractivity contribution in [3.8, 4) is 0 Å². The van der Waals surface area contributed by atoms with Gasteiger partial charge in [-0.15, -0.1) is 12.4 Å². The third-order valence-corrected chi connectivity index (χ3v) is 5.09. The van der Waals surface area contributed by atoms with E-state index in [0.29, 0.717) is 17.9 Å². The summed E-state index contributed by atoms with van der Waals surface area (Å²) in [5.41, 5.74) is 1.70. The van der Waals surface area contributed by atoms with Crippen molar-refractivity contribution in [2.24, 2.45) is 5.41 Å². The molecule has 1 aliphatic carbocycles. The van der Waals surface area contributed by atoms with E-state index in [1.165, 1.54) is 31.2 Å². The van der Waals surface area contributed by atoms with Crippen LogP contribution in [0.3, 0.4) is 0 Å². The van der Waals surface area contributed by atoms with Gasteiger partial charge in [0.1, 0.15) is 0 Å². The average molecular weight is 323 g/mol. The first-order valence-corrected chi connectivity index (χ1v) is 8.30. The van der Waals surface area contributed by atoms with Gasteiger partial charge in [-0.1, -0.05) is 36.8 Å². The fourth-order valence-corrected chi connectivity index (χ4v) is 3.63. The molecule has 22 heavy (non-hydrogen) atoms. The van der Waals surface area contributed by atoms with Gasteiger partial charge in [0.15, 0.2) is 0 Å². The number of hydrogen-bond donors (Lipinski definition) is 2. The third kappa shape index (κ3) is 4.47. The van der Waals surface area contributed by atoms with Crippen LogP contribution in [0.4, 0.5) is 0 Å². The second-order valence-electron chi connectivity index (χ2n) is 6.79. The fourth-order valence-electron chi connectivity index (χ4n) is 3.63. The predicted molar refractivity (Wildman–Crippen MR) is 92.3 cm³/mol. The molecule has 0 aromatic heterocycles. The number of rotatable bonds is 6. The number of hydrogen-bond acceptors (Lipinski definition) is 2. The first kappa shape index (κ1) is 17.3. The Kier molecular flexibility index (Phi) is 6.27. The molecule has 2 aliphatic rings. The van der Waals surface area contributed by atoms with Crippen molar-refractivity contribution in [2.75, 3.05) is 13.1 Å². The lowest BCUT2D eigenvalue weighted by atomic mass is 9.65. The van der Waals surface area contributed by atoms with Crippen molar-refractivity contribution in [2.45, 2.75) is 51.0 Å². The smallest absolute Gasteiger partial charge is 0.221 e. The fraction of sp³-hybridized carbons (Fsp3) is 0.611. The van der Waals surface area contributed by atoms with Gasteiger partial charge in [0, 0.05) is 19.0 Å². The van der Waals surface area contributed by atoms with E-state index in [0.717, 1.165) is 25.9 Å². The van der Waals surface area contributed by atoms with E-state index >= 15 is 0 Å². The van der Waals surface area contributed by atoms with Crippen LogP contribution in [0.2, 0.25) is 0 Å². The number of carbonyl (C=O) groups is 1. The van der Waals surface area contributed by atoms with E-state index < -0.39 is 0 Å². The Morgan fingerprint density at radius 1 is 1.23 bits per heavy atom. The highest BCUT2D eigenvalue weighted by atomic mass is 35.5. The Bertz CT molecular complexity index is 467. The molecule has 1 unspecified atom stereocenters. The van der Waals surface area contributed by atoms with Gasteiger partial charge in [-0.25, -0.2) is 0 Å². The van der Waals surface area contributed by atoms with Crippen LogP contribution in [0.15, 0.2) is 30.3 Å². The van der Waals surface area contributed by atoms with E-state index in [1.807, 2.05) is 0 Å². The Hall–Kier alpha value is -1.06. The first-order chi connectivity index (χ1) is 10.3. The topological polar surface area (TPSA) is 41.1 Å². The van der Waals surface area contributed by atoms with Crippen molar-refractivity contribution in [3.05, 3.63) is 35.9 Å². The Morgan fingerprint density at radius 2 is 2.00 bits per heavy atom. The summed E-state index contributed by atoms with van der Waals surface area (Å²) in [6.45, 7) is 1.91. The SMILES string of the molecule is Cl.O=C(CC1CCCN1)NCC1(Cc2ccccc2)CCC1. The molecule has 1 saturated carbocycles. The molecule has 0 spiro atoms. The number of halogens is 1. The standard InChI is InChI=1S/C18H26N2O.ClH/c21-17(12-16-8-4-11-19-16)20-14-18(9-5-10-18)13-15-6-2-1-3-7-15;/h1-3,6-7,16,19H,4-5,8-14H2,(H,20,21);1H. The lowest BCUT2D eigenvalue weighted by Gasteiger charge is -2.42. The summed E-state index contributed by atoms with van der Waals surface area (Å²) in [4.78, 5) is 12.1. The summed E-state index contributed by atoms with van der Waals surface area (Å²) in [5.74, 6) is 0.216. The van der Waals surface area contributed by atoms with Crippen LogP contribution in [0.25, 0.3) is 0 Å². The number of benzene rings is 1. The molecule has 2 N–H and O–H groups in total. The molecule has 4 heteroatoms. The number of carbonyl (C=O) groups excluding carboxylic acids is 1. The van der Waals surface area contributed by atoms with E-state index in [4.69, 9.17) is 0 Å². The highest BCUT2D eigenvalue weighted by molar-refractivity contribution is 5.85. The summed E-state index contributed by atoms with van der Waals surface area (Å²) in [7, 11) is 0. The number of nitrogens with one attached hydrogen (secondary N) is 2. The Balaban J connectivity index is 0.00000176. The largest absolute Gasteiger partial charge is 0.355 e. The zero-order valence-electron chi connectivity index (χ0n) is 13.1. The summed E-state index contributed by atoms with van der Waals surface area (Å²) < 4.78 is 0. The minimum absolute atomic E-state index is 0. The molecule has 1 aromatic rings. The van der Waals surface area contributed by atoms with Crippen LogP contribution in [0.1, 0.15) is 44.1 Å². The highest BCUT2D eigenvalue weighted by Gasteiger charge is 2.37. The molecule has 1 aliphatic heterocycles. The van der Waals surface area contributed by atoms with Crippen LogP contribution in [0.5, 0.6) is 0 Å². The first-order valence-electron chi connectivity index (χ1n) is 8.30. The molecule has 3 nitrogen and oxygen atoms in total. The molecule has 1 saturated heterocycles. The quantitative estimate of drug-likeness (QED) is 0.845. The average Bonchev–Trinajstić information content (AvgIpc) is 2.95. The maximum Gasteiger partial charge on any atom is 0.221 e. The van der Waals surface area contributed by atoms with Gasteiger partial charge in [0.25, 0.3) is 0 Å². The van der Waals surface area contributed by atoms with Gasteiger partial charge in [0.05, 0.1) is 0 Å². The minimum Gasteiger partial charge on any atom is -0.355 e. The van der Waals surface area contributed by atoms with Gasteiger partial charge in [-0.2, -0.15) is 0 Å². The van der Waals surface area contributed by atoms with E-state index in [1.54, 1.807) is 0 Å². The van der Waals surface area contributed by atoms with E-state index in [9.17, 15) is 4.79 Å². The molecule has 1 aromatic carbocycles. The minimum atomic E-state index is 0. The van der Waals surface area contributed by atoms with Gasteiger partial charge < -0.3 is 10.6 Å². The zero-order valence-corrected chi connectivity index (χ0v) is 14.0. The molecule has 2 fully saturated rings. The van der Waals surface area contributed by atoms with Crippen molar-refractivity contribution in [1.29, 1.82) is 0 Å². The van der Waals surface area contributed by atoms with Crippen molar-refractivity contribution >= 4 is 18.3 Å². The monoisotopic (exact) mass is 322 g/mol. The van der Waals surface area contributed by atoms with Crippen LogP contribution < -0.4 is 10.6 Å². The third-order valence-electron chi connectivity index (χ3n) is 5.09. The highest BCUT2D eigenvalue weighted by Crippen LogP contribution is 2.43. The number of amides is 1. The molecule has 0 bridgehead atoms. The molecule has 1 heterocycles. The van der Waals surface area contributed by atoms with Crippen molar-refractivity contribution < 1.29 is 4.79 Å². The van der Waals surface area contributed by atoms with Gasteiger partial charge in [-0.3, -0.25) is 4.79 Å². The lowest BCUT2D eigenvalue weighted by Crippen LogP contribution is -2.44. The zero-order chi connectivity index (χ0) is 14.5. The van der Waals surface area contributed by atoms with Gasteiger partial charge in [-0.05, 0) is 49.6 Å². The molecular weight excluding hydrogens is 296 g/mol. The van der Waals surface area contributed by atoms with Gasteiger partial charge >= 0.3 is 0 Å². The molecule has 0 radical (unpaired) electrons. The maximum atomic E-state index is 12.1. The molecule has 122 valence electrons. The van der Waals surface area contributed by atoms with Crippen LogP contribution in [-0.2, 0) is 11.2 Å². The van der Waals surface area contributed by atoms with Crippen LogP contribution in [0, 0.1) is 5.41 Å². The summed E-state index contributed by atoms with van der Waals surface area (Å²) >= 11 is 0. The molecular formula is C18H27ClN2O. The summed E-state index contributed by atoms with van der Waals surface area (Å²) in [5, 5.41) is 6.59.